The number of ether oxygens (including phenoxy) is 1. The van der Waals surface area contributed by atoms with Gasteiger partial charge in [-0.15, -0.1) is 0 Å². The first-order chi connectivity index (χ1) is 33.8. The third kappa shape index (κ3) is 13.7. The molecule has 0 heterocycles. The predicted molar refractivity (Wildman–Crippen MR) is 300 cm³/mol. The van der Waals surface area contributed by atoms with E-state index in [-0.39, 0.29) is 62.2 Å². The fourth-order valence-corrected chi connectivity index (χ4v) is 15.7. The Morgan fingerprint density at radius 2 is 1.36 bits per heavy atom. The van der Waals surface area contributed by atoms with Crippen LogP contribution in [-0.2, 0) is 19.1 Å². The number of rotatable bonds is 21. The van der Waals surface area contributed by atoms with E-state index >= 15 is 0 Å². The Balaban J connectivity index is 0.000000268. The Morgan fingerprint density at radius 1 is 0.750 bits per heavy atom. The number of aliphatic carboxylic acids is 1. The van der Waals surface area contributed by atoms with Gasteiger partial charge in [0.25, 0.3) is 0 Å². The molecule has 2 N–H and O–H groups in total. The van der Waals surface area contributed by atoms with E-state index in [1.165, 1.54) is 112 Å². The number of carboxylic acids is 1. The van der Waals surface area contributed by atoms with Crippen molar-refractivity contribution in [2.45, 2.75) is 263 Å². The highest BCUT2D eigenvalue weighted by Gasteiger charge is 2.70. The summed E-state index contributed by atoms with van der Waals surface area (Å²) >= 11 is 0. The first-order valence-corrected chi connectivity index (χ1v) is 29.5. The number of carboxylic acid groups (broad SMARTS) is 1. The topological polar surface area (TPSA) is 101 Å². The summed E-state index contributed by atoms with van der Waals surface area (Å²) < 4.78 is 5.40. The SMILES string of the molecule is CC1(C)[C@@H](O)CC[C@]2(C)[C@H]3C(=O)C=C4[C@@H]5C[C@@](C)(C(=O)O)CC[C@]5(C)CC[C@@]4(C)[C@]3(C)CC[C@@H]12.CCCCCCCCCCCCCCCC(=O)OC/C=C(C)/C=C/C=C(C)/C=C/C1=C(C)CCCC1(C)C. The molecule has 0 aromatic heterocycles. The molecule has 0 aliphatic heterocycles. The maximum atomic E-state index is 14.2. The van der Waals surface area contributed by atoms with Crippen LogP contribution in [0.15, 0.2) is 70.4 Å². The zero-order valence-electron chi connectivity index (χ0n) is 48.5. The number of unbranched alkanes of at least 4 members (excludes halogenated alkanes) is 12. The fourth-order valence-electron chi connectivity index (χ4n) is 15.7. The Bertz CT molecular complexity index is 2060. The maximum Gasteiger partial charge on any atom is 0.309 e. The smallest absolute Gasteiger partial charge is 0.309 e. The van der Waals surface area contributed by atoms with E-state index in [2.05, 4.69) is 113 Å². The van der Waals surface area contributed by atoms with Crippen LogP contribution in [-0.4, -0.2) is 40.6 Å². The van der Waals surface area contributed by atoms with E-state index in [4.69, 9.17) is 4.74 Å². The van der Waals surface area contributed by atoms with Crippen molar-refractivity contribution in [3.63, 3.8) is 0 Å². The molecule has 0 bridgehead atoms. The molecule has 72 heavy (non-hydrogen) atoms. The van der Waals surface area contributed by atoms with E-state index in [0.717, 1.165) is 69.8 Å². The van der Waals surface area contributed by atoms with Crippen LogP contribution in [0, 0.1) is 55.7 Å². The Labute approximate surface area is 440 Å². The average molecular weight is 996 g/mol. The van der Waals surface area contributed by atoms with E-state index in [9.17, 15) is 24.6 Å². The second kappa shape index (κ2) is 25.2. The van der Waals surface area contributed by atoms with Crippen molar-refractivity contribution < 1.29 is 29.3 Å². The van der Waals surface area contributed by atoms with E-state index < -0.39 is 11.4 Å². The van der Waals surface area contributed by atoms with Crippen molar-refractivity contribution in [3.8, 4) is 0 Å². The number of fused-ring (bicyclic) bond motifs is 7. The second-order valence-electron chi connectivity index (χ2n) is 27.1. The second-order valence-corrected chi connectivity index (χ2v) is 27.1. The summed E-state index contributed by atoms with van der Waals surface area (Å²) in [5.74, 6) is -0.0117. The van der Waals surface area contributed by atoms with Gasteiger partial charge in [-0.25, -0.2) is 0 Å². The molecule has 6 nitrogen and oxygen atoms in total. The number of carbonyl (C=O) groups is 3. The Morgan fingerprint density at radius 3 is 1.97 bits per heavy atom. The summed E-state index contributed by atoms with van der Waals surface area (Å²) in [5.41, 5.74) is 5.79. The molecule has 9 atom stereocenters. The average Bonchev–Trinajstić information content (AvgIpc) is 3.30. The lowest BCUT2D eigenvalue weighted by molar-refractivity contribution is -0.202. The van der Waals surface area contributed by atoms with Gasteiger partial charge < -0.3 is 14.9 Å². The van der Waals surface area contributed by atoms with Crippen LogP contribution in [0.2, 0.25) is 0 Å². The summed E-state index contributed by atoms with van der Waals surface area (Å²) in [7, 11) is 0. The molecule has 0 aromatic carbocycles. The Kier molecular flexibility index (Phi) is 21.0. The summed E-state index contributed by atoms with van der Waals surface area (Å²) in [6.45, 7) is 29.7. The molecule has 0 aromatic rings. The zero-order valence-corrected chi connectivity index (χ0v) is 48.5. The highest BCUT2D eigenvalue weighted by Crippen LogP contribution is 2.75. The minimum absolute atomic E-state index is 0.0296. The molecule has 406 valence electrons. The normalized spacial score (nSPS) is 34.4. The molecule has 0 unspecified atom stereocenters. The Hall–Kier alpha value is -2.99. The highest BCUT2D eigenvalue weighted by atomic mass is 16.5. The molecule has 6 rings (SSSR count). The molecular weight excluding hydrogens is 889 g/mol. The fraction of sp³-hybridized carbons (Fsp3) is 0.773. The van der Waals surface area contributed by atoms with Crippen LogP contribution in [0.4, 0.5) is 0 Å². The lowest BCUT2D eigenvalue weighted by Crippen LogP contribution is -2.66. The predicted octanol–water partition coefficient (Wildman–Crippen LogP) is 18.0. The molecule has 6 aliphatic rings. The minimum atomic E-state index is -0.711. The van der Waals surface area contributed by atoms with Crippen molar-refractivity contribution in [1.29, 1.82) is 0 Å². The van der Waals surface area contributed by atoms with Gasteiger partial charge >= 0.3 is 11.9 Å². The van der Waals surface area contributed by atoms with Gasteiger partial charge in [0.2, 0.25) is 0 Å². The van der Waals surface area contributed by atoms with Gasteiger partial charge in [0.15, 0.2) is 5.78 Å². The number of esters is 1. The third-order valence-corrected chi connectivity index (χ3v) is 21.0. The molecule has 0 amide bonds. The summed E-state index contributed by atoms with van der Waals surface area (Å²) in [6.07, 6.45) is 44.2. The number of allylic oxidation sites excluding steroid dienone is 11. The molecule has 6 aliphatic carbocycles. The first kappa shape index (κ1) is 59.9. The standard InChI is InChI=1S/C36H60O2.C30H46O4/c1-7-8-9-10-11-12-13-14-15-16-17-18-19-25-35(37)38-30-28-32(3)23-20-22-31(2)26-27-34-33(4)24-21-29-36(34,5)6;1-25(2)21-8-11-30(7)23(28(21,5)10-9-22(25)32)20(31)16-18-19-17-27(4,24(33)34)13-12-26(19,3)14-15-29(18,30)6/h20,22-23,26-28H,7-19,21,24-25,29-30H2,1-6H3;16,19,21-23,32H,8-15,17H2,1-7H3,(H,33,34)/b23-20+,27-26+,31-22+,32-28+;/t;19-,21-,22-,23+,26+,27-,28-,29+,30+/m.0/s1. The molecule has 0 saturated heterocycles. The van der Waals surface area contributed by atoms with Gasteiger partial charge in [-0.2, -0.15) is 0 Å². The van der Waals surface area contributed by atoms with E-state index in [0.29, 0.717) is 25.4 Å². The van der Waals surface area contributed by atoms with Crippen molar-refractivity contribution in [2.75, 3.05) is 6.61 Å². The molecule has 4 saturated carbocycles. The third-order valence-electron chi connectivity index (χ3n) is 21.0. The number of hydrogen-bond donors (Lipinski definition) is 2. The molecule has 0 radical (unpaired) electrons. The van der Waals surface area contributed by atoms with E-state index in [1.807, 2.05) is 19.1 Å². The number of hydrogen-bond acceptors (Lipinski definition) is 5. The minimum Gasteiger partial charge on any atom is -0.481 e. The van der Waals surface area contributed by atoms with Crippen LogP contribution in [0.1, 0.15) is 257 Å². The van der Waals surface area contributed by atoms with Gasteiger partial charge in [0.05, 0.1) is 11.5 Å². The van der Waals surface area contributed by atoms with Crippen LogP contribution in [0.25, 0.3) is 0 Å². The van der Waals surface area contributed by atoms with Crippen molar-refractivity contribution >= 4 is 17.7 Å². The maximum absolute atomic E-state index is 14.2. The lowest BCUT2D eigenvalue weighted by atomic mass is 9.33. The van der Waals surface area contributed by atoms with Crippen LogP contribution in [0.5, 0.6) is 0 Å². The molecule has 0 spiro atoms. The summed E-state index contributed by atoms with van der Waals surface area (Å²) in [4.78, 5) is 38.4. The van der Waals surface area contributed by atoms with E-state index in [1.54, 1.807) is 0 Å². The largest absolute Gasteiger partial charge is 0.481 e. The van der Waals surface area contributed by atoms with Gasteiger partial charge in [-0.3, -0.25) is 14.4 Å². The number of aliphatic hydroxyl groups excluding tert-OH is 1. The quantitative estimate of drug-likeness (QED) is 0.0675. The summed E-state index contributed by atoms with van der Waals surface area (Å²) in [6, 6.07) is 0. The molecule has 4 fully saturated rings. The zero-order chi connectivity index (χ0) is 53.2. The number of ketones is 1. The van der Waals surface area contributed by atoms with Crippen molar-refractivity contribution in [3.05, 3.63) is 70.4 Å². The number of carbonyl (C=O) groups excluding carboxylic acids is 2. The van der Waals surface area contributed by atoms with Gasteiger partial charge in [-0.05, 0) is 173 Å². The lowest BCUT2D eigenvalue weighted by Gasteiger charge is -2.70. The van der Waals surface area contributed by atoms with Gasteiger partial charge in [0.1, 0.15) is 6.61 Å². The monoisotopic (exact) mass is 995 g/mol. The molecular formula is C66H106O6. The summed E-state index contributed by atoms with van der Waals surface area (Å²) in [5, 5.41) is 20.9. The molecule has 6 heteroatoms. The highest BCUT2D eigenvalue weighted by molar-refractivity contribution is 5.95. The van der Waals surface area contributed by atoms with Crippen molar-refractivity contribution in [1.82, 2.24) is 0 Å². The number of aliphatic hydroxyl groups is 1. The van der Waals surface area contributed by atoms with Gasteiger partial charge in [0, 0.05) is 12.3 Å². The van der Waals surface area contributed by atoms with Crippen LogP contribution < -0.4 is 0 Å². The van der Waals surface area contributed by atoms with Crippen molar-refractivity contribution in [2.24, 2.45) is 55.7 Å². The van der Waals surface area contributed by atoms with Crippen LogP contribution in [0.3, 0.4) is 0 Å². The van der Waals surface area contributed by atoms with Gasteiger partial charge in [-0.1, -0.05) is 192 Å². The van der Waals surface area contributed by atoms with Crippen LogP contribution >= 0.6 is 0 Å². The first-order valence-electron chi connectivity index (χ1n) is 29.5.